The standard InChI is InChI=1S/C25H33OP/c26-27(22-12-6-2-7-13-22,23-14-8-3-9-15-23)25-21-17-16-20(18-21)24(25)19-10-4-1-5-11-19/h1,4-5,10-11,16-17,20-23H,2-3,6-9,12-15,18H2. The van der Waals surface area contributed by atoms with Gasteiger partial charge in [-0.15, -0.1) is 0 Å². The summed E-state index contributed by atoms with van der Waals surface area (Å²) in [7, 11) is -2.35. The summed E-state index contributed by atoms with van der Waals surface area (Å²) in [6.07, 6.45) is 18.7. The van der Waals surface area contributed by atoms with E-state index in [1.54, 1.807) is 0 Å². The second-order valence-electron chi connectivity index (χ2n) is 9.29. The molecule has 0 N–H and O–H groups in total. The molecule has 2 fully saturated rings. The van der Waals surface area contributed by atoms with Crippen molar-refractivity contribution in [3.8, 4) is 0 Å². The van der Waals surface area contributed by atoms with E-state index in [9.17, 15) is 0 Å². The van der Waals surface area contributed by atoms with Gasteiger partial charge in [-0.2, -0.15) is 0 Å². The predicted molar refractivity (Wildman–Crippen MR) is 115 cm³/mol. The molecule has 4 aliphatic rings. The Morgan fingerprint density at radius 3 is 1.85 bits per heavy atom. The van der Waals surface area contributed by atoms with Crippen LogP contribution in [0.3, 0.4) is 0 Å². The average molecular weight is 381 g/mol. The zero-order valence-electron chi connectivity index (χ0n) is 16.5. The molecule has 2 bridgehead atoms. The summed E-state index contributed by atoms with van der Waals surface area (Å²) in [5.41, 5.74) is 3.75. The van der Waals surface area contributed by atoms with Crippen LogP contribution in [-0.4, -0.2) is 11.3 Å². The van der Waals surface area contributed by atoms with Crippen LogP contribution in [0.1, 0.15) is 76.2 Å². The van der Waals surface area contributed by atoms with Crippen molar-refractivity contribution in [3.63, 3.8) is 0 Å². The Labute approximate surface area is 164 Å². The van der Waals surface area contributed by atoms with E-state index in [4.69, 9.17) is 0 Å². The Bertz CT molecular complexity index is 756. The highest BCUT2D eigenvalue weighted by molar-refractivity contribution is 7.69. The van der Waals surface area contributed by atoms with Crippen molar-refractivity contribution in [2.75, 3.05) is 0 Å². The van der Waals surface area contributed by atoms with Crippen LogP contribution >= 0.6 is 7.14 Å². The highest BCUT2D eigenvalue weighted by Crippen LogP contribution is 2.74. The van der Waals surface area contributed by atoms with Gasteiger partial charge in [0.15, 0.2) is 0 Å². The van der Waals surface area contributed by atoms with Gasteiger partial charge in [0.1, 0.15) is 7.14 Å². The maximum atomic E-state index is 15.2. The highest BCUT2D eigenvalue weighted by Gasteiger charge is 2.51. The van der Waals surface area contributed by atoms with E-state index in [2.05, 4.69) is 42.5 Å². The zero-order valence-corrected chi connectivity index (χ0v) is 17.4. The molecule has 0 aromatic heterocycles. The van der Waals surface area contributed by atoms with Gasteiger partial charge in [-0.3, -0.25) is 0 Å². The van der Waals surface area contributed by atoms with Gasteiger partial charge in [0.05, 0.1) is 0 Å². The smallest absolute Gasteiger partial charge is 0.118 e. The Morgan fingerprint density at radius 2 is 1.26 bits per heavy atom. The molecular formula is C25H33OP. The molecule has 0 radical (unpaired) electrons. The number of hydrogen-bond acceptors (Lipinski definition) is 1. The van der Waals surface area contributed by atoms with Gasteiger partial charge in [-0.05, 0) is 43.2 Å². The molecule has 2 atom stereocenters. The molecule has 0 amide bonds. The molecule has 1 aromatic rings. The zero-order chi connectivity index (χ0) is 18.3. The molecule has 0 heterocycles. The first kappa shape index (κ1) is 18.0. The van der Waals surface area contributed by atoms with Crippen molar-refractivity contribution >= 4 is 12.7 Å². The molecule has 1 aromatic carbocycles. The van der Waals surface area contributed by atoms with Gasteiger partial charge in [0.25, 0.3) is 0 Å². The fourth-order valence-corrected chi connectivity index (χ4v) is 11.6. The van der Waals surface area contributed by atoms with Gasteiger partial charge in [-0.1, -0.05) is 81.0 Å². The second kappa shape index (κ2) is 7.40. The Morgan fingerprint density at radius 1 is 0.704 bits per heavy atom. The summed E-state index contributed by atoms with van der Waals surface area (Å²) >= 11 is 0. The van der Waals surface area contributed by atoms with Crippen LogP contribution in [-0.2, 0) is 4.57 Å². The first-order valence-electron chi connectivity index (χ1n) is 11.4. The van der Waals surface area contributed by atoms with E-state index < -0.39 is 7.14 Å². The normalized spacial score (nSPS) is 29.6. The van der Waals surface area contributed by atoms with E-state index in [1.165, 1.54) is 87.1 Å². The van der Waals surface area contributed by atoms with E-state index in [0.29, 0.717) is 23.2 Å². The molecule has 5 rings (SSSR count). The minimum absolute atomic E-state index is 0.458. The summed E-state index contributed by atoms with van der Waals surface area (Å²) in [6, 6.07) is 10.9. The van der Waals surface area contributed by atoms with Crippen LogP contribution in [0.5, 0.6) is 0 Å². The maximum Gasteiger partial charge on any atom is 0.118 e. The van der Waals surface area contributed by atoms with Crippen molar-refractivity contribution < 1.29 is 4.57 Å². The maximum absolute atomic E-state index is 15.2. The van der Waals surface area contributed by atoms with Crippen LogP contribution in [0, 0.1) is 11.8 Å². The van der Waals surface area contributed by atoms with Crippen molar-refractivity contribution in [2.45, 2.75) is 81.9 Å². The molecule has 2 heteroatoms. The predicted octanol–water partition coefficient (Wildman–Crippen LogP) is 7.63. The number of benzene rings is 1. The largest absolute Gasteiger partial charge is 0.318 e. The lowest BCUT2D eigenvalue weighted by atomic mass is 9.95. The van der Waals surface area contributed by atoms with Gasteiger partial charge in [0.2, 0.25) is 0 Å². The molecule has 1 nitrogen and oxygen atoms in total. The molecule has 4 aliphatic carbocycles. The SMILES string of the molecule is O=P(C1=C(c2ccccc2)C2C=CC1C2)(C1CCCCC1)C1CCCCC1. The monoisotopic (exact) mass is 380 g/mol. The fraction of sp³-hybridized carbons (Fsp3) is 0.600. The third kappa shape index (κ3) is 3.02. The average Bonchev–Trinajstić information content (AvgIpc) is 3.37. The lowest BCUT2D eigenvalue weighted by Crippen LogP contribution is -2.26. The van der Waals surface area contributed by atoms with E-state index in [-0.39, 0.29) is 0 Å². The Hall–Kier alpha value is -1.07. The van der Waals surface area contributed by atoms with Crippen LogP contribution < -0.4 is 0 Å². The summed E-state index contributed by atoms with van der Waals surface area (Å²) in [6.45, 7) is 0. The van der Waals surface area contributed by atoms with Crippen molar-refractivity contribution in [3.05, 3.63) is 53.4 Å². The molecule has 0 spiro atoms. The lowest BCUT2D eigenvalue weighted by molar-refractivity contribution is 0.449. The van der Waals surface area contributed by atoms with Crippen LogP contribution in [0.2, 0.25) is 0 Å². The second-order valence-corrected chi connectivity index (χ2v) is 12.7. The van der Waals surface area contributed by atoms with E-state index >= 15 is 4.57 Å². The number of allylic oxidation sites excluding steroid dienone is 4. The van der Waals surface area contributed by atoms with Crippen LogP contribution in [0.15, 0.2) is 47.8 Å². The molecule has 0 aliphatic heterocycles. The molecule has 27 heavy (non-hydrogen) atoms. The third-order valence-corrected chi connectivity index (χ3v) is 12.3. The van der Waals surface area contributed by atoms with Gasteiger partial charge >= 0.3 is 0 Å². The van der Waals surface area contributed by atoms with Crippen molar-refractivity contribution in [1.82, 2.24) is 0 Å². The lowest BCUT2D eigenvalue weighted by Gasteiger charge is -2.41. The molecular weight excluding hydrogens is 347 g/mol. The fourth-order valence-electron chi connectivity index (χ4n) is 6.55. The first-order valence-corrected chi connectivity index (χ1v) is 13.2. The van der Waals surface area contributed by atoms with Gasteiger partial charge < -0.3 is 4.57 Å². The topological polar surface area (TPSA) is 17.1 Å². The minimum atomic E-state index is -2.35. The van der Waals surface area contributed by atoms with E-state index in [1.807, 2.05) is 0 Å². The number of fused-ring (bicyclic) bond motifs is 2. The summed E-state index contributed by atoms with van der Waals surface area (Å²) < 4.78 is 15.2. The summed E-state index contributed by atoms with van der Waals surface area (Å²) in [5, 5.41) is 1.44. The Kier molecular flexibility index (Phi) is 4.93. The molecule has 2 unspecified atom stereocenters. The minimum Gasteiger partial charge on any atom is -0.318 e. The van der Waals surface area contributed by atoms with E-state index in [0.717, 1.165) is 0 Å². The first-order chi connectivity index (χ1) is 13.3. The van der Waals surface area contributed by atoms with Gasteiger partial charge in [-0.25, -0.2) is 0 Å². The van der Waals surface area contributed by atoms with Crippen molar-refractivity contribution in [1.29, 1.82) is 0 Å². The number of rotatable bonds is 4. The molecule has 144 valence electrons. The summed E-state index contributed by atoms with van der Waals surface area (Å²) in [4.78, 5) is 0. The van der Waals surface area contributed by atoms with Crippen LogP contribution in [0.25, 0.3) is 5.57 Å². The Balaban J connectivity index is 1.65. The van der Waals surface area contributed by atoms with Crippen molar-refractivity contribution in [2.24, 2.45) is 11.8 Å². The van der Waals surface area contributed by atoms with Crippen LogP contribution in [0.4, 0.5) is 0 Å². The highest BCUT2D eigenvalue weighted by atomic mass is 31.2. The third-order valence-electron chi connectivity index (χ3n) is 7.78. The summed E-state index contributed by atoms with van der Waals surface area (Å²) in [5.74, 6) is 0.966. The molecule has 0 saturated heterocycles. The number of hydrogen-bond donors (Lipinski definition) is 0. The molecule has 2 saturated carbocycles. The quantitative estimate of drug-likeness (QED) is 0.387. The van der Waals surface area contributed by atoms with Gasteiger partial charge in [0, 0.05) is 28.5 Å².